The molecule has 5 rings (SSSR count). The zero-order valence-corrected chi connectivity index (χ0v) is 15.7. The average Bonchev–Trinajstić information content (AvgIpc) is 3.23. The highest BCUT2D eigenvalue weighted by Gasteiger charge is 2.42. The van der Waals surface area contributed by atoms with Crippen molar-refractivity contribution in [1.29, 1.82) is 0 Å². The predicted octanol–water partition coefficient (Wildman–Crippen LogP) is 5.28. The minimum absolute atomic E-state index is 0.0422. The van der Waals surface area contributed by atoms with Gasteiger partial charge in [-0.2, -0.15) is 0 Å². The van der Waals surface area contributed by atoms with Crippen molar-refractivity contribution in [2.24, 2.45) is 0 Å². The molecule has 0 aromatic heterocycles. The van der Waals surface area contributed by atoms with Crippen LogP contribution in [0.1, 0.15) is 67.7 Å². The van der Waals surface area contributed by atoms with Crippen molar-refractivity contribution >= 4 is 0 Å². The summed E-state index contributed by atoms with van der Waals surface area (Å²) in [6.07, 6.45) is 7.42. The van der Waals surface area contributed by atoms with Gasteiger partial charge in [-0.1, -0.05) is 26.2 Å². The Balaban J connectivity index is 1.36. The number of rotatable bonds is 5. The third kappa shape index (κ3) is 2.91. The molecule has 3 aliphatic rings. The number of hydrogen-bond acceptors (Lipinski definition) is 4. The third-order valence-corrected chi connectivity index (χ3v) is 6.05. The summed E-state index contributed by atoms with van der Waals surface area (Å²) >= 11 is 0. The highest BCUT2D eigenvalue weighted by atomic mass is 16.5. The van der Waals surface area contributed by atoms with Crippen LogP contribution in [0.5, 0.6) is 23.0 Å². The fourth-order valence-electron chi connectivity index (χ4n) is 4.62. The Kier molecular flexibility index (Phi) is 4.14. The fraction of sp³-hybridized carbons (Fsp3) is 0.478. The van der Waals surface area contributed by atoms with Gasteiger partial charge in [-0.3, -0.25) is 0 Å². The molecule has 2 aromatic carbocycles. The molecule has 0 radical (unpaired) electrons. The lowest BCUT2D eigenvalue weighted by molar-refractivity contribution is 0.139. The van der Waals surface area contributed by atoms with E-state index >= 15 is 0 Å². The van der Waals surface area contributed by atoms with Crippen molar-refractivity contribution in [1.82, 2.24) is 0 Å². The molecule has 0 bridgehead atoms. The highest BCUT2D eigenvalue weighted by molar-refractivity contribution is 5.55. The van der Waals surface area contributed by atoms with Gasteiger partial charge in [0.25, 0.3) is 0 Å². The van der Waals surface area contributed by atoms with Gasteiger partial charge in [0.05, 0.1) is 12.5 Å². The molecule has 3 heterocycles. The van der Waals surface area contributed by atoms with E-state index in [1.54, 1.807) is 12.1 Å². The molecule has 0 aliphatic carbocycles. The first-order valence-corrected chi connectivity index (χ1v) is 10.2. The summed E-state index contributed by atoms with van der Waals surface area (Å²) in [7, 11) is 0. The second-order valence-corrected chi connectivity index (χ2v) is 7.97. The molecule has 0 saturated heterocycles. The van der Waals surface area contributed by atoms with E-state index in [2.05, 4.69) is 19.1 Å². The van der Waals surface area contributed by atoms with Gasteiger partial charge in [0.15, 0.2) is 0 Å². The topological polar surface area (TPSA) is 47.9 Å². The summed E-state index contributed by atoms with van der Waals surface area (Å²) in [5, 5.41) is 9.83. The molecule has 0 amide bonds. The van der Waals surface area contributed by atoms with Crippen LogP contribution in [0.3, 0.4) is 0 Å². The fourth-order valence-corrected chi connectivity index (χ4v) is 4.62. The van der Waals surface area contributed by atoms with Crippen LogP contribution in [0, 0.1) is 0 Å². The Morgan fingerprint density at radius 3 is 2.78 bits per heavy atom. The summed E-state index contributed by atoms with van der Waals surface area (Å²) < 4.78 is 18.5. The Morgan fingerprint density at radius 2 is 1.89 bits per heavy atom. The Hall–Kier alpha value is -2.36. The van der Waals surface area contributed by atoms with Crippen molar-refractivity contribution in [3.05, 3.63) is 47.0 Å². The molecule has 1 N–H and O–H groups in total. The van der Waals surface area contributed by atoms with Crippen molar-refractivity contribution in [2.45, 2.75) is 63.6 Å². The van der Waals surface area contributed by atoms with Crippen LogP contribution >= 0.6 is 0 Å². The van der Waals surface area contributed by atoms with Crippen LogP contribution in [0.15, 0.2) is 30.3 Å². The van der Waals surface area contributed by atoms with Crippen molar-refractivity contribution < 1.29 is 19.3 Å². The van der Waals surface area contributed by atoms with Crippen LogP contribution in [0.4, 0.5) is 0 Å². The van der Waals surface area contributed by atoms with Gasteiger partial charge in [0.1, 0.15) is 35.2 Å². The summed E-state index contributed by atoms with van der Waals surface area (Å²) in [5.74, 6) is 3.10. The number of phenols is 1. The van der Waals surface area contributed by atoms with Gasteiger partial charge < -0.3 is 19.3 Å². The molecule has 3 unspecified atom stereocenters. The molecule has 142 valence electrons. The number of fused-ring (bicyclic) bond motifs is 6. The average molecular weight is 366 g/mol. The lowest BCUT2D eigenvalue weighted by Gasteiger charge is -2.28. The SMILES string of the molecule is CCCCCCC1Cc2cc3c(cc2O1)OCC1c2cc(O)ccc2OC31. The smallest absolute Gasteiger partial charge is 0.138 e. The zero-order valence-electron chi connectivity index (χ0n) is 15.7. The maximum atomic E-state index is 9.83. The van der Waals surface area contributed by atoms with E-state index in [0.29, 0.717) is 6.61 Å². The molecule has 0 spiro atoms. The van der Waals surface area contributed by atoms with E-state index in [4.69, 9.17) is 14.2 Å². The Bertz CT molecular complexity index is 860. The number of phenolic OH excluding ortho intramolecular Hbond substituents is 1. The minimum Gasteiger partial charge on any atom is -0.508 e. The van der Waals surface area contributed by atoms with Gasteiger partial charge in [-0.25, -0.2) is 0 Å². The van der Waals surface area contributed by atoms with Crippen LogP contribution in [-0.4, -0.2) is 17.8 Å². The van der Waals surface area contributed by atoms with E-state index < -0.39 is 0 Å². The van der Waals surface area contributed by atoms with E-state index in [-0.39, 0.29) is 23.9 Å². The number of ether oxygens (including phenoxy) is 3. The van der Waals surface area contributed by atoms with Crippen molar-refractivity contribution in [3.8, 4) is 23.0 Å². The number of hydrogen-bond donors (Lipinski definition) is 1. The molecule has 3 atom stereocenters. The molecular weight excluding hydrogens is 340 g/mol. The van der Waals surface area contributed by atoms with Gasteiger partial charge >= 0.3 is 0 Å². The molecule has 4 heteroatoms. The van der Waals surface area contributed by atoms with Crippen LogP contribution in [0.25, 0.3) is 0 Å². The zero-order chi connectivity index (χ0) is 18.4. The van der Waals surface area contributed by atoms with Crippen LogP contribution in [-0.2, 0) is 6.42 Å². The normalized spacial score (nSPS) is 24.1. The minimum atomic E-state index is -0.0422. The van der Waals surface area contributed by atoms with Gasteiger partial charge in [-0.15, -0.1) is 0 Å². The first-order chi connectivity index (χ1) is 13.2. The standard InChI is InChI=1S/C23H26O4/c1-2-3-4-5-6-16-9-14-10-18-22(12-21(14)26-16)25-13-19-17-11-15(24)7-8-20(17)27-23(18)19/h7-8,10-12,16,19,23-24H,2-6,9,13H2,1H3. The largest absolute Gasteiger partial charge is 0.508 e. The molecule has 3 aliphatic heterocycles. The number of aromatic hydroxyl groups is 1. The maximum absolute atomic E-state index is 9.83. The lowest BCUT2D eigenvalue weighted by Crippen LogP contribution is -2.23. The monoisotopic (exact) mass is 366 g/mol. The second kappa shape index (κ2) is 6.66. The van der Waals surface area contributed by atoms with Gasteiger partial charge in [-0.05, 0) is 42.7 Å². The van der Waals surface area contributed by atoms with Crippen molar-refractivity contribution in [3.63, 3.8) is 0 Å². The molecule has 27 heavy (non-hydrogen) atoms. The number of unbranched alkanes of at least 4 members (excludes halogenated alkanes) is 3. The van der Waals surface area contributed by atoms with E-state index in [1.807, 2.05) is 6.07 Å². The van der Waals surface area contributed by atoms with Crippen LogP contribution < -0.4 is 14.2 Å². The Morgan fingerprint density at radius 1 is 0.963 bits per heavy atom. The van der Waals surface area contributed by atoms with Gasteiger partial charge in [0, 0.05) is 23.6 Å². The van der Waals surface area contributed by atoms with E-state index in [1.165, 1.54) is 31.2 Å². The second-order valence-electron chi connectivity index (χ2n) is 7.97. The lowest BCUT2D eigenvalue weighted by atomic mass is 9.88. The molecular formula is C23H26O4. The van der Waals surface area contributed by atoms with Crippen molar-refractivity contribution in [2.75, 3.05) is 6.61 Å². The number of benzene rings is 2. The molecule has 4 nitrogen and oxygen atoms in total. The summed E-state index contributed by atoms with van der Waals surface area (Å²) in [6.45, 7) is 2.80. The quantitative estimate of drug-likeness (QED) is 0.732. The summed E-state index contributed by atoms with van der Waals surface area (Å²) in [6, 6.07) is 9.61. The highest BCUT2D eigenvalue weighted by Crippen LogP contribution is 2.53. The molecule has 0 saturated carbocycles. The third-order valence-electron chi connectivity index (χ3n) is 6.05. The van der Waals surface area contributed by atoms with Crippen LogP contribution in [0.2, 0.25) is 0 Å². The van der Waals surface area contributed by atoms with Gasteiger partial charge in [0.2, 0.25) is 0 Å². The molecule has 0 fully saturated rings. The predicted molar refractivity (Wildman–Crippen MR) is 103 cm³/mol. The maximum Gasteiger partial charge on any atom is 0.138 e. The first kappa shape index (κ1) is 16.8. The van der Waals surface area contributed by atoms with E-state index in [9.17, 15) is 5.11 Å². The summed E-state index contributed by atoms with van der Waals surface area (Å²) in [5.41, 5.74) is 3.41. The molecule has 2 aromatic rings. The summed E-state index contributed by atoms with van der Waals surface area (Å²) in [4.78, 5) is 0. The Labute approximate surface area is 160 Å². The van der Waals surface area contributed by atoms with E-state index in [0.717, 1.165) is 41.2 Å². The first-order valence-electron chi connectivity index (χ1n) is 10.2.